The summed E-state index contributed by atoms with van der Waals surface area (Å²) in [7, 11) is 4.06. The summed E-state index contributed by atoms with van der Waals surface area (Å²) in [4.78, 5) is 19.3. The molecule has 1 unspecified atom stereocenters. The number of anilines is 2. The molecule has 8 nitrogen and oxygen atoms in total. The maximum atomic E-state index is 6.24. The molecule has 2 aromatic heterocycles. The molecule has 8 heteroatoms. The average Bonchev–Trinajstić information content (AvgIpc) is 2.79. The van der Waals surface area contributed by atoms with Gasteiger partial charge in [-0.3, -0.25) is 9.97 Å². The first kappa shape index (κ1) is 22.4. The van der Waals surface area contributed by atoms with Crippen molar-refractivity contribution >= 4 is 22.4 Å². The maximum absolute atomic E-state index is 6.24. The van der Waals surface area contributed by atoms with Crippen LogP contribution in [0.15, 0.2) is 61.3 Å². The zero-order chi connectivity index (χ0) is 23.2. The van der Waals surface area contributed by atoms with Gasteiger partial charge in [0.05, 0.1) is 22.8 Å². The summed E-state index contributed by atoms with van der Waals surface area (Å²) < 4.78 is 12.2. The van der Waals surface area contributed by atoms with Crippen molar-refractivity contribution < 1.29 is 9.47 Å². The highest BCUT2D eigenvalue weighted by atomic mass is 16.5. The van der Waals surface area contributed by atoms with Crippen LogP contribution in [0.2, 0.25) is 0 Å². The number of likely N-dealkylation sites (N-methyl/N-ethyl adjacent to an activating group) is 1. The number of hydrogen-bond acceptors (Lipinski definition) is 8. The molecule has 0 saturated heterocycles. The summed E-state index contributed by atoms with van der Waals surface area (Å²) in [5, 5.41) is 4.28. The highest BCUT2D eigenvalue weighted by Gasteiger charge is 2.14. The third-order valence-electron chi connectivity index (χ3n) is 5.00. The van der Waals surface area contributed by atoms with E-state index in [0.29, 0.717) is 12.4 Å². The summed E-state index contributed by atoms with van der Waals surface area (Å²) in [6.45, 7) is 5.23. The van der Waals surface area contributed by atoms with Crippen molar-refractivity contribution in [2.75, 3.05) is 26.0 Å². The summed E-state index contributed by atoms with van der Waals surface area (Å²) in [5.41, 5.74) is 3.50. The first-order valence-electron chi connectivity index (χ1n) is 10.8. The lowest BCUT2D eigenvalue weighted by atomic mass is 10.1. The predicted molar refractivity (Wildman–Crippen MR) is 129 cm³/mol. The number of ether oxygens (including phenoxy) is 2. The molecular formula is C25H28N6O2. The number of benzene rings is 2. The Labute approximate surface area is 193 Å². The Morgan fingerprint density at radius 2 is 1.91 bits per heavy atom. The monoisotopic (exact) mass is 444 g/mol. The molecule has 170 valence electrons. The number of fused-ring (bicyclic) bond motifs is 1. The summed E-state index contributed by atoms with van der Waals surface area (Å²) in [6, 6.07) is 11.8. The lowest BCUT2D eigenvalue weighted by Crippen LogP contribution is -2.28. The van der Waals surface area contributed by atoms with E-state index in [9.17, 15) is 0 Å². The van der Waals surface area contributed by atoms with Gasteiger partial charge < -0.3 is 19.7 Å². The molecule has 0 amide bonds. The molecule has 0 aliphatic rings. The fourth-order valence-electron chi connectivity index (χ4n) is 3.62. The van der Waals surface area contributed by atoms with Gasteiger partial charge in [-0.1, -0.05) is 6.07 Å². The van der Waals surface area contributed by atoms with E-state index >= 15 is 0 Å². The van der Waals surface area contributed by atoms with Crippen molar-refractivity contribution in [3.8, 4) is 11.5 Å². The minimum atomic E-state index is 0.0200. The van der Waals surface area contributed by atoms with E-state index in [1.54, 1.807) is 24.9 Å². The van der Waals surface area contributed by atoms with Crippen LogP contribution in [0, 0.1) is 6.92 Å². The first-order chi connectivity index (χ1) is 16.0. The van der Waals surface area contributed by atoms with Gasteiger partial charge in [-0.25, -0.2) is 9.97 Å². The topological polar surface area (TPSA) is 85.3 Å². The molecule has 2 aromatic carbocycles. The third-order valence-corrected chi connectivity index (χ3v) is 5.00. The minimum Gasteiger partial charge on any atom is -0.489 e. The van der Waals surface area contributed by atoms with E-state index in [1.807, 2.05) is 57.4 Å². The highest BCUT2D eigenvalue weighted by Crippen LogP contribution is 2.33. The van der Waals surface area contributed by atoms with Crippen LogP contribution in [0.25, 0.3) is 10.9 Å². The minimum absolute atomic E-state index is 0.0200. The summed E-state index contributed by atoms with van der Waals surface area (Å²) in [5.74, 6) is 2.24. The second-order valence-corrected chi connectivity index (χ2v) is 8.15. The Balaban J connectivity index is 1.55. The van der Waals surface area contributed by atoms with Crippen LogP contribution in [0.3, 0.4) is 0 Å². The SMILES string of the molecule is Cc1cc(Nc2ncnc3cccc(OC(C)CN(C)C)c23)ccc1OCc1cnccn1. The zero-order valence-corrected chi connectivity index (χ0v) is 19.3. The Morgan fingerprint density at radius 1 is 1.03 bits per heavy atom. The van der Waals surface area contributed by atoms with E-state index in [1.165, 1.54) is 0 Å². The second kappa shape index (κ2) is 10.2. The molecule has 1 atom stereocenters. The van der Waals surface area contributed by atoms with Crippen molar-refractivity contribution in [3.63, 3.8) is 0 Å². The van der Waals surface area contributed by atoms with E-state index < -0.39 is 0 Å². The number of aromatic nitrogens is 4. The zero-order valence-electron chi connectivity index (χ0n) is 19.3. The normalized spacial score (nSPS) is 12.0. The van der Waals surface area contributed by atoms with Gasteiger partial charge >= 0.3 is 0 Å². The first-order valence-corrected chi connectivity index (χ1v) is 10.8. The van der Waals surface area contributed by atoms with Crippen LogP contribution < -0.4 is 14.8 Å². The Hall–Kier alpha value is -3.78. The molecule has 33 heavy (non-hydrogen) atoms. The quantitative estimate of drug-likeness (QED) is 0.407. The number of hydrogen-bond donors (Lipinski definition) is 1. The molecule has 0 spiro atoms. The third kappa shape index (κ3) is 5.72. The molecule has 4 aromatic rings. The molecule has 1 N–H and O–H groups in total. The number of aryl methyl sites for hydroxylation is 1. The van der Waals surface area contributed by atoms with E-state index in [4.69, 9.17) is 9.47 Å². The molecule has 0 aliphatic carbocycles. The summed E-state index contributed by atoms with van der Waals surface area (Å²) >= 11 is 0. The predicted octanol–water partition coefficient (Wildman–Crippen LogP) is 4.38. The highest BCUT2D eigenvalue weighted by molar-refractivity contribution is 5.95. The van der Waals surface area contributed by atoms with Crippen LogP contribution in [0.4, 0.5) is 11.5 Å². The molecular weight excluding hydrogens is 416 g/mol. The van der Waals surface area contributed by atoms with Gasteiger partial charge in [-0.05, 0) is 63.8 Å². The van der Waals surface area contributed by atoms with Crippen molar-refractivity contribution in [1.82, 2.24) is 24.8 Å². The Kier molecular flexibility index (Phi) is 6.95. The van der Waals surface area contributed by atoms with Gasteiger partial charge in [-0.2, -0.15) is 0 Å². The van der Waals surface area contributed by atoms with E-state index in [-0.39, 0.29) is 6.10 Å². The molecule has 0 radical (unpaired) electrons. The fourth-order valence-corrected chi connectivity index (χ4v) is 3.62. The maximum Gasteiger partial charge on any atom is 0.145 e. The summed E-state index contributed by atoms with van der Waals surface area (Å²) in [6.07, 6.45) is 6.58. The number of nitrogens with zero attached hydrogens (tertiary/aromatic N) is 5. The van der Waals surface area contributed by atoms with Crippen LogP contribution in [0.1, 0.15) is 18.2 Å². The fraction of sp³-hybridized carbons (Fsp3) is 0.280. The lowest BCUT2D eigenvalue weighted by molar-refractivity contribution is 0.179. The van der Waals surface area contributed by atoms with Crippen LogP contribution >= 0.6 is 0 Å². The number of nitrogens with one attached hydrogen (secondary N) is 1. The van der Waals surface area contributed by atoms with Gasteiger partial charge in [0, 0.05) is 24.6 Å². The molecule has 4 rings (SSSR count). The van der Waals surface area contributed by atoms with Crippen molar-refractivity contribution in [2.24, 2.45) is 0 Å². The van der Waals surface area contributed by atoms with Crippen LogP contribution in [-0.2, 0) is 6.61 Å². The van der Waals surface area contributed by atoms with Crippen molar-refractivity contribution in [1.29, 1.82) is 0 Å². The molecule has 0 aliphatic heterocycles. The Bertz CT molecular complexity index is 1210. The molecule has 0 saturated carbocycles. The van der Waals surface area contributed by atoms with Gasteiger partial charge in [-0.15, -0.1) is 0 Å². The van der Waals surface area contributed by atoms with E-state index in [2.05, 4.69) is 37.1 Å². The molecule has 2 heterocycles. The van der Waals surface area contributed by atoms with Gasteiger partial charge in [0.25, 0.3) is 0 Å². The second-order valence-electron chi connectivity index (χ2n) is 8.15. The average molecular weight is 445 g/mol. The molecule has 0 bridgehead atoms. The van der Waals surface area contributed by atoms with Crippen LogP contribution in [-0.4, -0.2) is 51.6 Å². The van der Waals surface area contributed by atoms with Crippen molar-refractivity contribution in [2.45, 2.75) is 26.6 Å². The largest absolute Gasteiger partial charge is 0.489 e. The van der Waals surface area contributed by atoms with E-state index in [0.717, 1.165) is 45.9 Å². The Morgan fingerprint density at radius 3 is 2.67 bits per heavy atom. The lowest BCUT2D eigenvalue weighted by Gasteiger charge is -2.20. The number of rotatable bonds is 9. The van der Waals surface area contributed by atoms with Gasteiger partial charge in [0.15, 0.2) is 0 Å². The molecule has 0 fully saturated rings. The smallest absolute Gasteiger partial charge is 0.145 e. The van der Waals surface area contributed by atoms with Gasteiger partial charge in [0.2, 0.25) is 0 Å². The van der Waals surface area contributed by atoms with Crippen LogP contribution in [0.5, 0.6) is 11.5 Å². The standard InChI is InChI=1S/C25H28N6O2/c1-17-12-19(8-9-22(17)32-15-20-13-26-10-11-27-20)30-25-24-21(28-16-29-25)6-5-7-23(24)33-18(2)14-31(3)4/h5-13,16,18H,14-15H2,1-4H3,(H,28,29,30). The van der Waals surface area contributed by atoms with Crippen molar-refractivity contribution in [3.05, 3.63) is 72.6 Å². The van der Waals surface area contributed by atoms with Gasteiger partial charge in [0.1, 0.15) is 36.4 Å².